The third kappa shape index (κ3) is 9.81. The molecule has 0 aliphatic rings. The Morgan fingerprint density at radius 3 is 2.21 bits per heavy atom. The fraction of sp³-hybridized carbons (Fsp3) is 0.846. The minimum absolute atomic E-state index is 0.128. The number of amides is 1. The number of rotatable bonds is 10. The first kappa shape index (κ1) is 18.3. The highest BCUT2D eigenvalue weighted by molar-refractivity contribution is 7.80. The summed E-state index contributed by atoms with van der Waals surface area (Å²) in [6, 6.07) is 0. The van der Waals surface area contributed by atoms with Crippen LogP contribution in [0.25, 0.3) is 0 Å². The van der Waals surface area contributed by atoms with Crippen molar-refractivity contribution in [1.29, 1.82) is 0 Å². The molecule has 0 saturated heterocycles. The van der Waals surface area contributed by atoms with Crippen LogP contribution in [0.5, 0.6) is 0 Å². The van der Waals surface area contributed by atoms with E-state index in [0.717, 1.165) is 26.1 Å². The van der Waals surface area contributed by atoms with Gasteiger partial charge in [0.2, 0.25) is 5.91 Å². The lowest BCUT2D eigenvalue weighted by atomic mass is 10.3. The molecule has 0 spiro atoms. The van der Waals surface area contributed by atoms with Crippen LogP contribution in [0.3, 0.4) is 0 Å². The van der Waals surface area contributed by atoms with Gasteiger partial charge in [0.05, 0.1) is 11.5 Å². The number of nitrogens with zero attached hydrogens (tertiary/aromatic N) is 3. The first-order valence-electron chi connectivity index (χ1n) is 6.76. The summed E-state index contributed by atoms with van der Waals surface area (Å²) in [5.74, 6) is 0.128. The molecule has 0 fully saturated rings. The van der Waals surface area contributed by atoms with Crippen LogP contribution in [0.15, 0.2) is 0 Å². The molecule has 0 bridgehead atoms. The SMILES string of the molecule is CCCN(CCN(C)C)CC(=O)N(C)CCC(N)=S. The molecule has 0 heterocycles. The first-order chi connectivity index (χ1) is 8.86. The van der Waals surface area contributed by atoms with Gasteiger partial charge in [-0.05, 0) is 27.1 Å². The molecule has 19 heavy (non-hydrogen) atoms. The third-order valence-electron chi connectivity index (χ3n) is 2.88. The quantitative estimate of drug-likeness (QED) is 0.590. The smallest absolute Gasteiger partial charge is 0.236 e. The molecule has 0 aromatic heterocycles. The van der Waals surface area contributed by atoms with Crippen LogP contribution in [0, 0.1) is 0 Å². The van der Waals surface area contributed by atoms with Gasteiger partial charge >= 0.3 is 0 Å². The monoisotopic (exact) mass is 288 g/mol. The van der Waals surface area contributed by atoms with Gasteiger partial charge in [-0.25, -0.2) is 0 Å². The van der Waals surface area contributed by atoms with Crippen molar-refractivity contribution in [3.05, 3.63) is 0 Å². The molecule has 2 N–H and O–H groups in total. The Bertz CT molecular complexity index is 284. The van der Waals surface area contributed by atoms with Crippen LogP contribution in [-0.4, -0.2) is 79.5 Å². The molecule has 5 nitrogen and oxygen atoms in total. The van der Waals surface area contributed by atoms with E-state index in [0.29, 0.717) is 24.5 Å². The molecule has 112 valence electrons. The zero-order valence-electron chi connectivity index (χ0n) is 12.7. The van der Waals surface area contributed by atoms with Crippen molar-refractivity contribution in [2.75, 3.05) is 53.9 Å². The number of hydrogen-bond donors (Lipinski definition) is 1. The van der Waals surface area contributed by atoms with Crippen molar-refractivity contribution in [3.63, 3.8) is 0 Å². The van der Waals surface area contributed by atoms with Gasteiger partial charge in [0.25, 0.3) is 0 Å². The van der Waals surface area contributed by atoms with Crippen molar-refractivity contribution < 1.29 is 4.79 Å². The number of thiocarbonyl (C=S) groups is 1. The van der Waals surface area contributed by atoms with E-state index in [1.165, 1.54) is 0 Å². The standard InChI is InChI=1S/C13H28N4OS/c1-5-7-17(10-9-15(2)3)11-13(18)16(4)8-6-12(14)19/h5-11H2,1-4H3,(H2,14,19). The Morgan fingerprint density at radius 1 is 1.11 bits per heavy atom. The topological polar surface area (TPSA) is 52.8 Å². The van der Waals surface area contributed by atoms with Crippen LogP contribution in [0.1, 0.15) is 19.8 Å². The van der Waals surface area contributed by atoms with Crippen molar-refractivity contribution in [2.45, 2.75) is 19.8 Å². The molecule has 0 aliphatic heterocycles. The average Bonchev–Trinajstić information content (AvgIpc) is 2.32. The van der Waals surface area contributed by atoms with Gasteiger partial charge in [-0.15, -0.1) is 0 Å². The molecular formula is C13H28N4OS. The van der Waals surface area contributed by atoms with Crippen LogP contribution < -0.4 is 5.73 Å². The van der Waals surface area contributed by atoms with Gasteiger partial charge in [-0.2, -0.15) is 0 Å². The van der Waals surface area contributed by atoms with E-state index >= 15 is 0 Å². The number of carbonyl (C=O) groups is 1. The predicted molar refractivity (Wildman–Crippen MR) is 84.3 cm³/mol. The fourth-order valence-corrected chi connectivity index (χ4v) is 1.73. The second-order valence-electron chi connectivity index (χ2n) is 5.11. The molecule has 0 aromatic rings. The van der Waals surface area contributed by atoms with Gasteiger partial charge in [0, 0.05) is 33.1 Å². The highest BCUT2D eigenvalue weighted by Gasteiger charge is 2.14. The molecule has 0 aromatic carbocycles. The molecule has 6 heteroatoms. The van der Waals surface area contributed by atoms with E-state index < -0.39 is 0 Å². The minimum atomic E-state index is 0.128. The first-order valence-corrected chi connectivity index (χ1v) is 7.17. The second kappa shape index (κ2) is 10.1. The van der Waals surface area contributed by atoms with Crippen LogP contribution in [0.4, 0.5) is 0 Å². The zero-order chi connectivity index (χ0) is 14.8. The normalized spacial score (nSPS) is 11.1. The summed E-state index contributed by atoms with van der Waals surface area (Å²) in [6.07, 6.45) is 1.64. The molecule has 0 atom stereocenters. The highest BCUT2D eigenvalue weighted by Crippen LogP contribution is 1.97. The summed E-state index contributed by atoms with van der Waals surface area (Å²) in [5.41, 5.74) is 5.45. The Hall–Kier alpha value is -0.720. The second-order valence-corrected chi connectivity index (χ2v) is 5.64. The van der Waals surface area contributed by atoms with E-state index in [1.807, 2.05) is 14.1 Å². The van der Waals surface area contributed by atoms with Crippen LogP contribution in [-0.2, 0) is 4.79 Å². The third-order valence-corrected chi connectivity index (χ3v) is 3.09. The van der Waals surface area contributed by atoms with Crippen molar-refractivity contribution in [2.24, 2.45) is 5.73 Å². The molecule has 0 unspecified atom stereocenters. The Labute approximate surface area is 122 Å². The summed E-state index contributed by atoms with van der Waals surface area (Å²) >= 11 is 4.82. The summed E-state index contributed by atoms with van der Waals surface area (Å²) in [6.45, 7) is 6.02. The summed E-state index contributed by atoms with van der Waals surface area (Å²) in [7, 11) is 5.89. The lowest BCUT2D eigenvalue weighted by molar-refractivity contribution is -0.131. The maximum absolute atomic E-state index is 12.1. The summed E-state index contributed by atoms with van der Waals surface area (Å²) in [5, 5.41) is 0. The Kier molecular flexibility index (Phi) is 9.73. The van der Waals surface area contributed by atoms with Crippen molar-refractivity contribution in [3.8, 4) is 0 Å². The number of nitrogens with two attached hydrogens (primary N) is 1. The van der Waals surface area contributed by atoms with E-state index in [1.54, 1.807) is 11.9 Å². The largest absolute Gasteiger partial charge is 0.393 e. The van der Waals surface area contributed by atoms with E-state index in [2.05, 4.69) is 16.7 Å². The molecule has 0 rings (SSSR count). The lowest BCUT2D eigenvalue weighted by Crippen LogP contribution is -2.42. The van der Waals surface area contributed by atoms with Gasteiger partial charge in [0.1, 0.15) is 0 Å². The maximum Gasteiger partial charge on any atom is 0.236 e. The van der Waals surface area contributed by atoms with Crippen LogP contribution in [0.2, 0.25) is 0 Å². The fourth-order valence-electron chi connectivity index (χ4n) is 1.64. The number of carbonyl (C=O) groups excluding carboxylic acids is 1. The minimum Gasteiger partial charge on any atom is -0.393 e. The van der Waals surface area contributed by atoms with Gasteiger partial charge < -0.3 is 15.5 Å². The van der Waals surface area contributed by atoms with Gasteiger partial charge in [0.15, 0.2) is 0 Å². The van der Waals surface area contributed by atoms with Crippen LogP contribution >= 0.6 is 12.2 Å². The number of hydrogen-bond acceptors (Lipinski definition) is 4. The molecular weight excluding hydrogens is 260 g/mol. The predicted octanol–water partition coefficient (Wildman–Crippen LogP) is 0.395. The highest BCUT2D eigenvalue weighted by atomic mass is 32.1. The van der Waals surface area contributed by atoms with Gasteiger partial charge in [-0.3, -0.25) is 9.69 Å². The average molecular weight is 288 g/mol. The molecule has 0 radical (unpaired) electrons. The Balaban J connectivity index is 4.16. The molecule has 1 amide bonds. The summed E-state index contributed by atoms with van der Waals surface area (Å²) < 4.78 is 0. The maximum atomic E-state index is 12.1. The van der Waals surface area contributed by atoms with Crippen molar-refractivity contribution >= 4 is 23.1 Å². The molecule has 0 saturated carbocycles. The lowest BCUT2D eigenvalue weighted by Gasteiger charge is -2.25. The van der Waals surface area contributed by atoms with Gasteiger partial charge in [-0.1, -0.05) is 19.1 Å². The van der Waals surface area contributed by atoms with E-state index in [4.69, 9.17) is 18.0 Å². The summed E-state index contributed by atoms with van der Waals surface area (Å²) in [4.78, 5) is 18.6. The number of likely N-dealkylation sites (N-methyl/N-ethyl adjacent to an activating group) is 2. The van der Waals surface area contributed by atoms with E-state index in [9.17, 15) is 4.79 Å². The van der Waals surface area contributed by atoms with Crippen molar-refractivity contribution in [1.82, 2.24) is 14.7 Å². The molecule has 0 aliphatic carbocycles. The van der Waals surface area contributed by atoms with E-state index in [-0.39, 0.29) is 5.91 Å². The Morgan fingerprint density at radius 2 is 1.74 bits per heavy atom. The zero-order valence-corrected chi connectivity index (χ0v) is 13.5.